The molecule has 0 aliphatic carbocycles. The molecule has 0 unspecified atom stereocenters. The maximum absolute atomic E-state index is 12.3. The SMILES string of the molecule is O=C(C[C@@H](c1ccsc1)n1cccc1)Nc1ccccn1. The first-order valence-corrected chi connectivity index (χ1v) is 7.62. The van der Waals surface area contributed by atoms with E-state index in [1.54, 1.807) is 23.6 Å². The van der Waals surface area contributed by atoms with Crippen molar-refractivity contribution in [3.63, 3.8) is 0 Å². The molecule has 1 atom stereocenters. The number of hydrogen-bond donors (Lipinski definition) is 1. The van der Waals surface area contributed by atoms with Crippen LogP contribution in [0.15, 0.2) is 65.7 Å². The van der Waals surface area contributed by atoms with E-state index in [1.165, 1.54) is 0 Å². The van der Waals surface area contributed by atoms with Gasteiger partial charge in [0.05, 0.1) is 12.5 Å². The molecule has 3 aromatic heterocycles. The first-order valence-electron chi connectivity index (χ1n) is 6.68. The van der Waals surface area contributed by atoms with Crippen LogP contribution in [0.4, 0.5) is 5.82 Å². The van der Waals surface area contributed by atoms with Crippen LogP contribution in [-0.2, 0) is 4.79 Å². The van der Waals surface area contributed by atoms with Crippen molar-refractivity contribution in [3.8, 4) is 0 Å². The Kier molecular flexibility index (Phi) is 4.12. The summed E-state index contributed by atoms with van der Waals surface area (Å²) in [4.78, 5) is 16.4. The van der Waals surface area contributed by atoms with Gasteiger partial charge in [0.25, 0.3) is 0 Å². The molecule has 3 aromatic rings. The van der Waals surface area contributed by atoms with E-state index in [9.17, 15) is 4.79 Å². The van der Waals surface area contributed by atoms with Gasteiger partial charge in [0.2, 0.25) is 5.91 Å². The van der Waals surface area contributed by atoms with Crippen molar-refractivity contribution in [2.75, 3.05) is 5.32 Å². The third-order valence-corrected chi connectivity index (χ3v) is 3.93. The summed E-state index contributed by atoms with van der Waals surface area (Å²) in [6.45, 7) is 0. The number of anilines is 1. The smallest absolute Gasteiger partial charge is 0.227 e. The molecule has 1 amide bonds. The molecule has 4 nitrogen and oxygen atoms in total. The van der Waals surface area contributed by atoms with Gasteiger partial charge in [-0.15, -0.1) is 0 Å². The molecule has 0 aliphatic heterocycles. The van der Waals surface area contributed by atoms with Crippen molar-refractivity contribution in [2.24, 2.45) is 0 Å². The largest absolute Gasteiger partial charge is 0.346 e. The molecule has 0 saturated heterocycles. The third-order valence-electron chi connectivity index (χ3n) is 3.23. The Balaban J connectivity index is 1.75. The summed E-state index contributed by atoms with van der Waals surface area (Å²) in [5.41, 5.74) is 1.15. The van der Waals surface area contributed by atoms with Crippen LogP contribution >= 0.6 is 11.3 Å². The average molecular weight is 297 g/mol. The van der Waals surface area contributed by atoms with Crippen LogP contribution in [0.1, 0.15) is 18.0 Å². The van der Waals surface area contributed by atoms with E-state index in [2.05, 4.69) is 26.3 Å². The topological polar surface area (TPSA) is 46.9 Å². The maximum atomic E-state index is 12.3. The van der Waals surface area contributed by atoms with Gasteiger partial charge < -0.3 is 9.88 Å². The van der Waals surface area contributed by atoms with Gasteiger partial charge in [-0.25, -0.2) is 4.98 Å². The highest BCUT2D eigenvalue weighted by molar-refractivity contribution is 7.08. The van der Waals surface area contributed by atoms with Crippen molar-refractivity contribution >= 4 is 23.1 Å². The minimum absolute atomic E-state index is 0.00922. The highest BCUT2D eigenvalue weighted by Gasteiger charge is 2.18. The fraction of sp³-hybridized carbons (Fsp3) is 0.125. The second kappa shape index (κ2) is 6.37. The molecule has 0 aromatic carbocycles. The predicted molar refractivity (Wildman–Crippen MR) is 84.4 cm³/mol. The minimum Gasteiger partial charge on any atom is -0.346 e. The Labute approximate surface area is 127 Å². The van der Waals surface area contributed by atoms with Crippen LogP contribution in [0.25, 0.3) is 0 Å². The Morgan fingerprint density at radius 2 is 2.10 bits per heavy atom. The Bertz CT molecular complexity index is 643. The summed E-state index contributed by atoms with van der Waals surface area (Å²) in [6, 6.07) is 11.5. The van der Waals surface area contributed by atoms with Crippen molar-refractivity contribution in [2.45, 2.75) is 12.5 Å². The Morgan fingerprint density at radius 1 is 1.24 bits per heavy atom. The highest BCUT2D eigenvalue weighted by Crippen LogP contribution is 2.24. The quantitative estimate of drug-likeness (QED) is 0.782. The van der Waals surface area contributed by atoms with Gasteiger partial charge in [-0.1, -0.05) is 6.07 Å². The van der Waals surface area contributed by atoms with Crippen LogP contribution in [-0.4, -0.2) is 15.5 Å². The number of hydrogen-bond acceptors (Lipinski definition) is 3. The predicted octanol–water partition coefficient (Wildman–Crippen LogP) is 3.56. The van der Waals surface area contributed by atoms with Crippen molar-refractivity contribution in [1.29, 1.82) is 0 Å². The summed E-state index contributed by atoms with van der Waals surface area (Å²) in [5, 5.41) is 6.95. The molecular formula is C16H15N3OS. The van der Waals surface area contributed by atoms with E-state index in [-0.39, 0.29) is 11.9 Å². The number of thiophene rings is 1. The lowest BCUT2D eigenvalue weighted by atomic mass is 10.1. The summed E-state index contributed by atoms with van der Waals surface area (Å²) in [6.07, 6.45) is 6.01. The standard InChI is InChI=1S/C16H15N3OS/c20-16(18-15-5-1-2-7-17-15)11-14(13-6-10-21-12-13)19-8-3-4-9-19/h1-10,12,14H,11H2,(H,17,18,20)/t14-/m0/s1. The van der Waals surface area contributed by atoms with Crippen molar-refractivity contribution in [1.82, 2.24) is 9.55 Å². The summed E-state index contributed by atoms with van der Waals surface area (Å²) >= 11 is 1.64. The average Bonchev–Trinajstić information content (AvgIpc) is 3.19. The van der Waals surface area contributed by atoms with E-state index in [0.29, 0.717) is 12.2 Å². The molecule has 1 N–H and O–H groups in total. The fourth-order valence-electron chi connectivity index (χ4n) is 2.22. The summed E-state index contributed by atoms with van der Waals surface area (Å²) in [7, 11) is 0. The van der Waals surface area contributed by atoms with Gasteiger partial charge in [-0.2, -0.15) is 11.3 Å². The van der Waals surface area contributed by atoms with Crippen LogP contribution in [0.5, 0.6) is 0 Å². The molecule has 5 heteroatoms. The zero-order valence-corrected chi connectivity index (χ0v) is 12.2. The van der Waals surface area contributed by atoms with Crippen LogP contribution in [0, 0.1) is 0 Å². The Morgan fingerprint density at radius 3 is 2.76 bits per heavy atom. The second-order valence-corrected chi connectivity index (χ2v) is 5.45. The van der Waals surface area contributed by atoms with Gasteiger partial charge in [-0.3, -0.25) is 4.79 Å². The fourth-order valence-corrected chi connectivity index (χ4v) is 2.93. The number of nitrogens with zero attached hydrogens (tertiary/aromatic N) is 2. The number of amides is 1. The Hall–Kier alpha value is -2.40. The molecule has 0 bridgehead atoms. The zero-order chi connectivity index (χ0) is 14.5. The second-order valence-electron chi connectivity index (χ2n) is 4.67. The number of pyridine rings is 1. The molecule has 0 fully saturated rings. The normalized spacial score (nSPS) is 12.0. The number of carbonyl (C=O) groups is 1. The maximum Gasteiger partial charge on any atom is 0.227 e. The lowest BCUT2D eigenvalue weighted by Crippen LogP contribution is -2.19. The molecule has 3 heterocycles. The van der Waals surface area contributed by atoms with Gasteiger partial charge >= 0.3 is 0 Å². The molecule has 0 saturated carbocycles. The molecule has 0 radical (unpaired) electrons. The number of rotatable bonds is 5. The number of aromatic nitrogens is 2. The minimum atomic E-state index is -0.0430. The van der Waals surface area contributed by atoms with E-state index >= 15 is 0 Å². The third kappa shape index (κ3) is 3.38. The van der Waals surface area contributed by atoms with Crippen LogP contribution < -0.4 is 5.32 Å². The van der Waals surface area contributed by atoms with Gasteiger partial charge in [-0.05, 0) is 46.7 Å². The summed E-state index contributed by atoms with van der Waals surface area (Å²) < 4.78 is 2.06. The molecule has 0 aliphatic rings. The lowest BCUT2D eigenvalue weighted by molar-refractivity contribution is -0.116. The molecule has 0 spiro atoms. The van der Waals surface area contributed by atoms with Crippen molar-refractivity contribution < 1.29 is 4.79 Å². The monoisotopic (exact) mass is 297 g/mol. The van der Waals surface area contributed by atoms with Crippen molar-refractivity contribution in [3.05, 3.63) is 71.3 Å². The van der Waals surface area contributed by atoms with E-state index < -0.39 is 0 Å². The van der Waals surface area contributed by atoms with E-state index in [1.807, 2.05) is 42.0 Å². The first kappa shape index (κ1) is 13.6. The first-order chi connectivity index (χ1) is 10.3. The zero-order valence-electron chi connectivity index (χ0n) is 11.3. The van der Waals surface area contributed by atoms with Gasteiger partial charge in [0, 0.05) is 18.6 Å². The molecule has 21 heavy (non-hydrogen) atoms. The van der Waals surface area contributed by atoms with Crippen LogP contribution in [0.2, 0.25) is 0 Å². The lowest BCUT2D eigenvalue weighted by Gasteiger charge is -2.17. The van der Waals surface area contributed by atoms with Gasteiger partial charge in [0.15, 0.2) is 0 Å². The van der Waals surface area contributed by atoms with E-state index in [4.69, 9.17) is 0 Å². The molecule has 3 rings (SSSR count). The van der Waals surface area contributed by atoms with Crippen LogP contribution in [0.3, 0.4) is 0 Å². The number of nitrogens with one attached hydrogen (secondary N) is 1. The number of carbonyl (C=O) groups excluding carboxylic acids is 1. The van der Waals surface area contributed by atoms with E-state index in [0.717, 1.165) is 5.56 Å². The molecule has 106 valence electrons. The summed E-state index contributed by atoms with van der Waals surface area (Å²) in [5.74, 6) is 0.540. The highest BCUT2D eigenvalue weighted by atomic mass is 32.1. The van der Waals surface area contributed by atoms with Gasteiger partial charge in [0.1, 0.15) is 5.82 Å². The molecular weight excluding hydrogens is 282 g/mol.